The van der Waals surface area contributed by atoms with Crippen molar-refractivity contribution in [2.75, 3.05) is 26.3 Å². The first-order valence-electron chi connectivity index (χ1n) is 8.18. The van der Waals surface area contributed by atoms with Crippen LogP contribution < -0.4 is 4.74 Å². The highest BCUT2D eigenvalue weighted by Gasteiger charge is 2.29. The Hall–Kier alpha value is -1.06. The zero-order valence-corrected chi connectivity index (χ0v) is 13.9. The molecule has 1 aromatic carbocycles. The van der Waals surface area contributed by atoms with Crippen LogP contribution in [0.5, 0.6) is 5.75 Å². The van der Waals surface area contributed by atoms with Gasteiger partial charge in [0.15, 0.2) is 0 Å². The van der Waals surface area contributed by atoms with Crippen LogP contribution in [0.15, 0.2) is 12.1 Å². The Morgan fingerprint density at radius 2 is 1.86 bits per heavy atom. The Labute approximate surface area is 128 Å². The zero-order chi connectivity index (χ0) is 15.4. The smallest absolute Gasteiger partial charge is 0.122 e. The van der Waals surface area contributed by atoms with Gasteiger partial charge in [-0.15, -0.1) is 0 Å². The molecule has 0 bridgehead atoms. The fourth-order valence-electron chi connectivity index (χ4n) is 3.43. The van der Waals surface area contributed by atoms with E-state index in [0.717, 1.165) is 18.8 Å². The highest BCUT2D eigenvalue weighted by molar-refractivity contribution is 5.45. The predicted octanol–water partition coefficient (Wildman–Crippen LogP) is 3.47. The molecule has 0 spiro atoms. The Bertz CT molecular complexity index is 467. The van der Waals surface area contributed by atoms with Gasteiger partial charge in [0.2, 0.25) is 0 Å². The third-order valence-corrected chi connectivity index (χ3v) is 4.76. The molecule has 1 aromatic rings. The third kappa shape index (κ3) is 3.41. The number of hydrogen-bond acceptors (Lipinski definition) is 3. The molecule has 2 unspecified atom stereocenters. The molecule has 1 heterocycles. The molecule has 1 aliphatic rings. The Morgan fingerprint density at radius 3 is 2.43 bits per heavy atom. The highest BCUT2D eigenvalue weighted by atomic mass is 16.5. The Kier molecular flexibility index (Phi) is 5.65. The second-order valence-electron chi connectivity index (χ2n) is 6.18. The van der Waals surface area contributed by atoms with Crippen molar-refractivity contribution >= 4 is 0 Å². The minimum atomic E-state index is 0.229. The van der Waals surface area contributed by atoms with Gasteiger partial charge in [-0.05, 0) is 75.4 Å². The van der Waals surface area contributed by atoms with Gasteiger partial charge >= 0.3 is 0 Å². The van der Waals surface area contributed by atoms with Crippen molar-refractivity contribution in [2.24, 2.45) is 5.92 Å². The minimum absolute atomic E-state index is 0.229. The van der Waals surface area contributed by atoms with Gasteiger partial charge in [-0.25, -0.2) is 0 Å². The summed E-state index contributed by atoms with van der Waals surface area (Å²) >= 11 is 0. The summed E-state index contributed by atoms with van der Waals surface area (Å²) in [5.41, 5.74) is 3.88. The third-order valence-electron chi connectivity index (χ3n) is 4.76. The van der Waals surface area contributed by atoms with Crippen molar-refractivity contribution in [1.29, 1.82) is 0 Å². The minimum Gasteiger partial charge on any atom is -0.494 e. The van der Waals surface area contributed by atoms with Crippen LogP contribution in [0.4, 0.5) is 0 Å². The van der Waals surface area contributed by atoms with Crippen LogP contribution in [0, 0.1) is 19.8 Å². The lowest BCUT2D eigenvalue weighted by molar-refractivity contribution is 0.125. The molecule has 0 radical (unpaired) electrons. The number of aliphatic hydroxyl groups excluding tert-OH is 1. The van der Waals surface area contributed by atoms with E-state index in [1.165, 1.54) is 29.5 Å². The molecule has 1 fully saturated rings. The lowest BCUT2D eigenvalue weighted by atomic mass is 9.88. The second-order valence-corrected chi connectivity index (χ2v) is 6.18. The van der Waals surface area contributed by atoms with Crippen LogP contribution >= 0.6 is 0 Å². The van der Waals surface area contributed by atoms with E-state index in [-0.39, 0.29) is 12.5 Å². The maximum atomic E-state index is 9.67. The molecule has 1 N–H and O–H groups in total. The van der Waals surface area contributed by atoms with Crippen molar-refractivity contribution in [3.8, 4) is 5.75 Å². The molecule has 0 aliphatic carbocycles. The molecule has 0 amide bonds. The molecule has 118 valence electrons. The zero-order valence-electron chi connectivity index (χ0n) is 13.9. The van der Waals surface area contributed by atoms with Gasteiger partial charge in [0.05, 0.1) is 6.61 Å². The van der Waals surface area contributed by atoms with Crippen molar-refractivity contribution in [2.45, 2.75) is 46.6 Å². The van der Waals surface area contributed by atoms with Crippen molar-refractivity contribution in [1.82, 2.24) is 4.90 Å². The predicted molar refractivity (Wildman–Crippen MR) is 86.9 cm³/mol. The summed E-state index contributed by atoms with van der Waals surface area (Å²) in [4.78, 5) is 2.53. The molecule has 3 heteroatoms. The topological polar surface area (TPSA) is 32.7 Å². The normalized spacial score (nSPS) is 18.7. The number of aliphatic hydroxyl groups is 1. The summed E-state index contributed by atoms with van der Waals surface area (Å²) in [6.07, 6.45) is 2.54. The summed E-state index contributed by atoms with van der Waals surface area (Å²) < 4.78 is 5.70. The summed E-state index contributed by atoms with van der Waals surface area (Å²) in [7, 11) is 0. The van der Waals surface area contributed by atoms with Gasteiger partial charge in [0.1, 0.15) is 5.75 Å². The number of ether oxygens (including phenoxy) is 1. The van der Waals surface area contributed by atoms with Crippen LogP contribution in [-0.2, 0) is 0 Å². The summed E-state index contributed by atoms with van der Waals surface area (Å²) in [5, 5.41) is 9.67. The van der Waals surface area contributed by atoms with E-state index in [9.17, 15) is 5.11 Å². The first-order chi connectivity index (χ1) is 10.1. The van der Waals surface area contributed by atoms with Gasteiger partial charge in [0, 0.05) is 12.6 Å². The van der Waals surface area contributed by atoms with Gasteiger partial charge < -0.3 is 9.84 Å². The first-order valence-corrected chi connectivity index (χ1v) is 8.18. The van der Waals surface area contributed by atoms with Gasteiger partial charge in [-0.2, -0.15) is 0 Å². The van der Waals surface area contributed by atoms with E-state index >= 15 is 0 Å². The quantitative estimate of drug-likeness (QED) is 0.871. The monoisotopic (exact) mass is 291 g/mol. The van der Waals surface area contributed by atoms with E-state index in [1.807, 2.05) is 6.92 Å². The summed E-state index contributed by atoms with van der Waals surface area (Å²) in [6.45, 7) is 11.7. The standard InChI is InChI=1S/C18H29NO2/c1-5-21-17-9-8-16(14(3)15(17)4)18(13(2)12-20)19-10-6-7-11-19/h8-9,13,18,20H,5-7,10-12H2,1-4H3. The van der Waals surface area contributed by atoms with Crippen LogP contribution in [0.25, 0.3) is 0 Å². The van der Waals surface area contributed by atoms with Gasteiger partial charge in [0.25, 0.3) is 0 Å². The molecular weight excluding hydrogens is 262 g/mol. The molecule has 2 rings (SSSR count). The van der Waals surface area contributed by atoms with Crippen LogP contribution in [-0.4, -0.2) is 36.3 Å². The van der Waals surface area contributed by atoms with E-state index in [1.54, 1.807) is 0 Å². The molecule has 1 saturated heterocycles. The van der Waals surface area contributed by atoms with Crippen LogP contribution in [0.3, 0.4) is 0 Å². The van der Waals surface area contributed by atoms with E-state index < -0.39 is 0 Å². The average molecular weight is 291 g/mol. The van der Waals surface area contributed by atoms with Crippen molar-refractivity contribution in [3.05, 3.63) is 28.8 Å². The molecule has 2 atom stereocenters. The Morgan fingerprint density at radius 1 is 1.19 bits per heavy atom. The fraction of sp³-hybridized carbons (Fsp3) is 0.667. The maximum absolute atomic E-state index is 9.67. The van der Waals surface area contributed by atoms with E-state index in [4.69, 9.17) is 4.74 Å². The number of rotatable bonds is 6. The van der Waals surface area contributed by atoms with Crippen LogP contribution in [0.2, 0.25) is 0 Å². The van der Waals surface area contributed by atoms with E-state index in [2.05, 4.69) is 37.8 Å². The van der Waals surface area contributed by atoms with Gasteiger partial charge in [-0.1, -0.05) is 13.0 Å². The largest absolute Gasteiger partial charge is 0.494 e. The molecule has 3 nitrogen and oxygen atoms in total. The fourth-order valence-corrected chi connectivity index (χ4v) is 3.43. The second kappa shape index (κ2) is 7.28. The molecular formula is C18H29NO2. The molecule has 21 heavy (non-hydrogen) atoms. The number of hydrogen-bond donors (Lipinski definition) is 1. The number of nitrogens with zero attached hydrogens (tertiary/aromatic N) is 1. The lowest BCUT2D eigenvalue weighted by Crippen LogP contribution is -2.32. The van der Waals surface area contributed by atoms with Crippen molar-refractivity contribution < 1.29 is 9.84 Å². The first kappa shape index (κ1) is 16.3. The molecule has 1 aliphatic heterocycles. The summed E-state index contributed by atoms with van der Waals surface area (Å²) in [6, 6.07) is 4.60. The number of likely N-dealkylation sites (tertiary alicyclic amines) is 1. The molecule has 0 saturated carbocycles. The SMILES string of the molecule is CCOc1ccc(C(C(C)CO)N2CCCC2)c(C)c1C. The Balaban J connectivity index is 2.37. The molecule has 0 aromatic heterocycles. The van der Waals surface area contributed by atoms with Crippen LogP contribution in [0.1, 0.15) is 49.4 Å². The van der Waals surface area contributed by atoms with E-state index in [0.29, 0.717) is 12.6 Å². The maximum Gasteiger partial charge on any atom is 0.122 e. The average Bonchev–Trinajstić information content (AvgIpc) is 3.00. The summed E-state index contributed by atoms with van der Waals surface area (Å²) in [5.74, 6) is 1.23. The number of benzene rings is 1. The van der Waals surface area contributed by atoms with Gasteiger partial charge in [-0.3, -0.25) is 4.90 Å². The lowest BCUT2D eigenvalue weighted by Gasteiger charge is -2.34. The van der Waals surface area contributed by atoms with Crippen molar-refractivity contribution in [3.63, 3.8) is 0 Å². The highest BCUT2D eigenvalue weighted by Crippen LogP contribution is 2.36.